The highest BCUT2D eigenvalue weighted by Gasteiger charge is 2.36. The summed E-state index contributed by atoms with van der Waals surface area (Å²) in [6, 6.07) is 0.599. The summed E-state index contributed by atoms with van der Waals surface area (Å²) in [5, 5.41) is 3.53. The molecule has 2 rings (SSSR count). The number of piperidine rings is 1. The van der Waals surface area contributed by atoms with E-state index in [1.807, 2.05) is 0 Å². The van der Waals surface area contributed by atoms with Crippen LogP contribution in [0.1, 0.15) is 39.0 Å². The second-order valence-electron chi connectivity index (χ2n) is 4.45. The Hall–Kier alpha value is -0.570. The highest BCUT2D eigenvalue weighted by Crippen LogP contribution is 2.32. The van der Waals surface area contributed by atoms with E-state index in [-0.39, 0.29) is 12.1 Å². The molecule has 2 fully saturated rings. The lowest BCUT2D eigenvalue weighted by Gasteiger charge is -2.41. The molecular weight excluding hydrogens is 178 g/mol. The summed E-state index contributed by atoms with van der Waals surface area (Å²) in [4.78, 5) is 10.9. The molecule has 3 heteroatoms. The third-order valence-electron chi connectivity index (χ3n) is 3.45. The molecule has 1 saturated heterocycles. The van der Waals surface area contributed by atoms with Crippen molar-refractivity contribution in [3.8, 4) is 0 Å². The smallest absolute Gasteiger partial charge is 0.302 e. The van der Waals surface area contributed by atoms with Crippen molar-refractivity contribution in [1.82, 2.24) is 5.32 Å². The maximum absolute atomic E-state index is 10.9. The van der Waals surface area contributed by atoms with E-state index < -0.39 is 0 Å². The molecule has 0 radical (unpaired) electrons. The molecule has 0 unspecified atom stereocenters. The van der Waals surface area contributed by atoms with Gasteiger partial charge in [-0.05, 0) is 25.8 Å². The summed E-state index contributed by atoms with van der Waals surface area (Å²) in [6.07, 6.45) is 6.25. The molecule has 0 aromatic heterocycles. The Morgan fingerprint density at radius 1 is 1.29 bits per heavy atom. The van der Waals surface area contributed by atoms with Gasteiger partial charge in [0.15, 0.2) is 0 Å². The minimum atomic E-state index is -0.124. The number of rotatable bonds is 1. The van der Waals surface area contributed by atoms with E-state index in [1.165, 1.54) is 32.6 Å². The third kappa shape index (κ3) is 2.08. The summed E-state index contributed by atoms with van der Waals surface area (Å²) in [5.74, 6) is 0.447. The van der Waals surface area contributed by atoms with E-state index in [4.69, 9.17) is 4.74 Å². The minimum absolute atomic E-state index is 0.124. The van der Waals surface area contributed by atoms with Gasteiger partial charge in [0, 0.05) is 18.9 Å². The van der Waals surface area contributed by atoms with Crippen LogP contribution in [0, 0.1) is 5.92 Å². The van der Waals surface area contributed by atoms with E-state index in [0.717, 1.165) is 13.0 Å². The normalized spacial score (nSPS) is 37.4. The van der Waals surface area contributed by atoms with Gasteiger partial charge >= 0.3 is 5.97 Å². The van der Waals surface area contributed by atoms with Crippen molar-refractivity contribution >= 4 is 5.97 Å². The molecule has 3 nitrogen and oxygen atoms in total. The Balaban J connectivity index is 1.97. The Morgan fingerprint density at radius 2 is 2.07 bits per heavy atom. The molecule has 1 aliphatic heterocycles. The van der Waals surface area contributed by atoms with Crippen LogP contribution >= 0.6 is 0 Å². The van der Waals surface area contributed by atoms with Crippen LogP contribution in [0.4, 0.5) is 0 Å². The molecule has 1 heterocycles. The third-order valence-corrected chi connectivity index (χ3v) is 3.45. The van der Waals surface area contributed by atoms with Gasteiger partial charge in [0.05, 0.1) is 0 Å². The first-order valence-electron chi connectivity index (χ1n) is 5.68. The molecule has 0 aromatic rings. The molecular formula is C11H19NO2. The maximum Gasteiger partial charge on any atom is 0.302 e. The molecule has 2 aliphatic rings. The molecule has 14 heavy (non-hydrogen) atoms. The number of hydrogen-bond donors (Lipinski definition) is 1. The zero-order valence-electron chi connectivity index (χ0n) is 8.79. The van der Waals surface area contributed by atoms with Gasteiger partial charge in [-0.25, -0.2) is 0 Å². The first-order chi connectivity index (χ1) is 6.77. The van der Waals surface area contributed by atoms with E-state index in [0.29, 0.717) is 12.0 Å². The van der Waals surface area contributed by atoms with Crippen LogP contribution in [0.2, 0.25) is 0 Å². The van der Waals surface area contributed by atoms with Gasteiger partial charge in [-0.15, -0.1) is 0 Å². The number of ether oxygens (including phenoxy) is 1. The van der Waals surface area contributed by atoms with Crippen LogP contribution in [0.15, 0.2) is 0 Å². The lowest BCUT2D eigenvalue weighted by atomic mass is 9.78. The zero-order valence-corrected chi connectivity index (χ0v) is 8.79. The summed E-state index contributed by atoms with van der Waals surface area (Å²) >= 11 is 0. The second-order valence-corrected chi connectivity index (χ2v) is 4.45. The predicted molar refractivity (Wildman–Crippen MR) is 53.9 cm³/mol. The Kier molecular flexibility index (Phi) is 3.06. The van der Waals surface area contributed by atoms with Crippen LogP contribution in [-0.2, 0) is 9.53 Å². The minimum Gasteiger partial charge on any atom is -0.462 e. The summed E-state index contributed by atoms with van der Waals surface area (Å²) in [5.41, 5.74) is 0. The number of carbonyl (C=O) groups is 1. The number of hydrogen-bond acceptors (Lipinski definition) is 3. The van der Waals surface area contributed by atoms with Crippen LogP contribution in [0.25, 0.3) is 0 Å². The molecule has 3 atom stereocenters. The largest absolute Gasteiger partial charge is 0.462 e. The molecule has 0 aromatic carbocycles. The molecule has 1 N–H and O–H groups in total. The monoisotopic (exact) mass is 197 g/mol. The predicted octanol–water partition coefficient (Wildman–Crippen LogP) is 1.47. The van der Waals surface area contributed by atoms with Crippen molar-refractivity contribution in [3.63, 3.8) is 0 Å². The van der Waals surface area contributed by atoms with Crippen molar-refractivity contribution in [2.75, 3.05) is 6.54 Å². The van der Waals surface area contributed by atoms with E-state index >= 15 is 0 Å². The van der Waals surface area contributed by atoms with Crippen LogP contribution < -0.4 is 5.32 Å². The molecule has 0 amide bonds. The standard InChI is InChI=1S/C11H19NO2/c1-8(13)14-11-6-7-12-10-5-3-2-4-9(10)11/h9-12H,2-7H2,1H3/t9-,10-,11+/m0/s1. The summed E-state index contributed by atoms with van der Waals surface area (Å²) < 4.78 is 5.38. The molecule has 80 valence electrons. The second kappa shape index (κ2) is 4.30. The van der Waals surface area contributed by atoms with Crippen molar-refractivity contribution in [1.29, 1.82) is 0 Å². The van der Waals surface area contributed by atoms with Gasteiger partial charge < -0.3 is 10.1 Å². The van der Waals surface area contributed by atoms with Gasteiger partial charge in [-0.1, -0.05) is 12.8 Å². The average Bonchev–Trinajstić information content (AvgIpc) is 2.18. The van der Waals surface area contributed by atoms with Crippen molar-refractivity contribution in [3.05, 3.63) is 0 Å². The van der Waals surface area contributed by atoms with Crippen LogP contribution in [0.3, 0.4) is 0 Å². The number of fused-ring (bicyclic) bond motifs is 1. The summed E-state index contributed by atoms with van der Waals surface area (Å²) in [6.45, 7) is 2.51. The van der Waals surface area contributed by atoms with Crippen molar-refractivity contribution < 1.29 is 9.53 Å². The first-order valence-corrected chi connectivity index (χ1v) is 5.68. The van der Waals surface area contributed by atoms with Gasteiger partial charge in [0.1, 0.15) is 6.10 Å². The van der Waals surface area contributed by atoms with Gasteiger partial charge in [-0.3, -0.25) is 4.79 Å². The molecule has 1 saturated carbocycles. The SMILES string of the molecule is CC(=O)O[C@@H]1CCN[C@H]2CCCC[C@@H]21. The fourth-order valence-electron chi connectivity index (χ4n) is 2.84. The van der Waals surface area contributed by atoms with Crippen LogP contribution in [0.5, 0.6) is 0 Å². The quantitative estimate of drug-likeness (QED) is 0.647. The molecule has 0 spiro atoms. The van der Waals surface area contributed by atoms with Gasteiger partial charge in [0.25, 0.3) is 0 Å². The topological polar surface area (TPSA) is 38.3 Å². The lowest BCUT2D eigenvalue weighted by molar-refractivity contribution is -0.152. The van der Waals surface area contributed by atoms with Crippen LogP contribution in [-0.4, -0.2) is 24.7 Å². The maximum atomic E-state index is 10.9. The Morgan fingerprint density at radius 3 is 2.86 bits per heavy atom. The Labute approximate surface area is 85.2 Å². The highest BCUT2D eigenvalue weighted by molar-refractivity contribution is 5.66. The van der Waals surface area contributed by atoms with Crippen molar-refractivity contribution in [2.45, 2.75) is 51.2 Å². The number of carbonyl (C=O) groups excluding carboxylic acids is 1. The fraction of sp³-hybridized carbons (Fsp3) is 0.909. The van der Waals surface area contributed by atoms with Gasteiger partial charge in [0.2, 0.25) is 0 Å². The highest BCUT2D eigenvalue weighted by atomic mass is 16.5. The molecule has 0 bridgehead atoms. The Bertz CT molecular complexity index is 215. The average molecular weight is 197 g/mol. The number of esters is 1. The lowest BCUT2D eigenvalue weighted by Crippen LogP contribution is -2.51. The number of nitrogens with one attached hydrogen (secondary N) is 1. The van der Waals surface area contributed by atoms with Crippen molar-refractivity contribution in [2.24, 2.45) is 5.92 Å². The molecule has 1 aliphatic carbocycles. The first kappa shape index (κ1) is 9.97. The fourth-order valence-corrected chi connectivity index (χ4v) is 2.84. The van der Waals surface area contributed by atoms with Gasteiger partial charge in [-0.2, -0.15) is 0 Å². The zero-order chi connectivity index (χ0) is 9.97. The van der Waals surface area contributed by atoms with E-state index in [2.05, 4.69) is 5.32 Å². The summed E-state index contributed by atoms with van der Waals surface area (Å²) in [7, 11) is 0. The van der Waals surface area contributed by atoms with E-state index in [1.54, 1.807) is 0 Å². The van der Waals surface area contributed by atoms with E-state index in [9.17, 15) is 4.79 Å².